The Hall–Kier alpha value is -2.15. The normalized spacial score (nSPS) is 18.9. The zero-order valence-electron chi connectivity index (χ0n) is 15.8. The molecule has 4 rings (SSSR count). The number of rotatable bonds is 5. The number of ether oxygens (including phenoxy) is 2. The van der Waals surface area contributed by atoms with Crippen molar-refractivity contribution < 1.29 is 9.47 Å². The summed E-state index contributed by atoms with van der Waals surface area (Å²) in [6.07, 6.45) is 4.55. The van der Waals surface area contributed by atoms with Crippen LogP contribution in [0.5, 0.6) is 5.75 Å². The highest BCUT2D eigenvalue weighted by molar-refractivity contribution is 6.33. The van der Waals surface area contributed by atoms with Crippen LogP contribution in [0.1, 0.15) is 29.8 Å². The number of benzene rings is 1. The van der Waals surface area contributed by atoms with E-state index < -0.39 is 5.54 Å². The van der Waals surface area contributed by atoms with Crippen LogP contribution in [0.2, 0.25) is 5.02 Å². The molecular formula is C20H23ClN4O2. The minimum Gasteiger partial charge on any atom is -0.497 e. The summed E-state index contributed by atoms with van der Waals surface area (Å²) in [6.45, 7) is 2.58. The Morgan fingerprint density at radius 1 is 1.33 bits per heavy atom. The lowest BCUT2D eigenvalue weighted by Gasteiger charge is -2.24. The van der Waals surface area contributed by atoms with Gasteiger partial charge in [0.25, 0.3) is 0 Å². The summed E-state index contributed by atoms with van der Waals surface area (Å²) in [7, 11) is 3.32. The lowest BCUT2D eigenvalue weighted by molar-refractivity contribution is 0.166. The molecule has 6 nitrogen and oxygen atoms in total. The van der Waals surface area contributed by atoms with E-state index >= 15 is 0 Å². The van der Waals surface area contributed by atoms with Crippen molar-refractivity contribution in [3.63, 3.8) is 0 Å². The van der Waals surface area contributed by atoms with Crippen LogP contribution in [-0.2, 0) is 16.7 Å². The second kappa shape index (κ2) is 6.78. The van der Waals surface area contributed by atoms with Crippen molar-refractivity contribution in [2.75, 3.05) is 20.8 Å². The SMILES string of the molecule is COCCC1(N)CCc2cn3nc(C)c(-c4ccc(OC)cc4Cl)c3nc21. The van der Waals surface area contributed by atoms with E-state index in [0.717, 1.165) is 53.0 Å². The predicted octanol–water partition coefficient (Wildman–Crippen LogP) is 3.50. The van der Waals surface area contributed by atoms with Gasteiger partial charge in [-0.3, -0.25) is 0 Å². The first kappa shape index (κ1) is 18.2. The number of aromatic nitrogens is 3. The second-order valence-corrected chi connectivity index (χ2v) is 7.50. The molecule has 0 saturated heterocycles. The van der Waals surface area contributed by atoms with Crippen molar-refractivity contribution >= 4 is 17.2 Å². The van der Waals surface area contributed by atoms with Gasteiger partial charge in [-0.15, -0.1) is 0 Å². The van der Waals surface area contributed by atoms with Gasteiger partial charge in [0.1, 0.15) is 5.75 Å². The highest BCUT2D eigenvalue weighted by atomic mass is 35.5. The lowest BCUT2D eigenvalue weighted by atomic mass is 9.94. The molecule has 2 aromatic heterocycles. The quantitative estimate of drug-likeness (QED) is 0.726. The number of fused-ring (bicyclic) bond motifs is 2. The molecule has 7 heteroatoms. The molecule has 1 unspecified atom stereocenters. The topological polar surface area (TPSA) is 74.7 Å². The van der Waals surface area contributed by atoms with E-state index in [0.29, 0.717) is 17.4 Å². The number of aryl methyl sites for hydroxylation is 2. The Bertz CT molecular complexity index is 1020. The average Bonchev–Trinajstić information content (AvgIpc) is 3.15. The summed E-state index contributed by atoms with van der Waals surface area (Å²) in [4.78, 5) is 4.97. The fraction of sp³-hybridized carbons (Fsp3) is 0.400. The molecule has 2 heterocycles. The Kier molecular flexibility index (Phi) is 4.58. The van der Waals surface area contributed by atoms with Crippen LogP contribution in [0.4, 0.5) is 0 Å². The summed E-state index contributed by atoms with van der Waals surface area (Å²) in [5.41, 5.74) is 11.8. The Labute approximate surface area is 163 Å². The van der Waals surface area contributed by atoms with Gasteiger partial charge in [-0.2, -0.15) is 5.10 Å². The van der Waals surface area contributed by atoms with Crippen LogP contribution in [0.25, 0.3) is 16.8 Å². The first-order valence-corrected chi connectivity index (χ1v) is 9.35. The maximum Gasteiger partial charge on any atom is 0.163 e. The molecule has 1 aromatic carbocycles. The minimum atomic E-state index is -0.466. The number of methoxy groups -OCH3 is 2. The predicted molar refractivity (Wildman–Crippen MR) is 105 cm³/mol. The van der Waals surface area contributed by atoms with Gasteiger partial charge in [0.15, 0.2) is 5.65 Å². The van der Waals surface area contributed by atoms with Crippen molar-refractivity contribution in [1.82, 2.24) is 14.6 Å². The summed E-state index contributed by atoms with van der Waals surface area (Å²) >= 11 is 6.53. The molecule has 1 aliphatic rings. The molecule has 1 aliphatic carbocycles. The average molecular weight is 387 g/mol. The largest absolute Gasteiger partial charge is 0.497 e. The summed E-state index contributed by atoms with van der Waals surface area (Å²) in [5, 5.41) is 5.26. The van der Waals surface area contributed by atoms with Crippen molar-refractivity contribution in [3.8, 4) is 16.9 Å². The maximum atomic E-state index is 6.70. The van der Waals surface area contributed by atoms with E-state index in [4.69, 9.17) is 31.8 Å². The van der Waals surface area contributed by atoms with Crippen LogP contribution in [-0.4, -0.2) is 35.4 Å². The molecule has 0 amide bonds. The van der Waals surface area contributed by atoms with E-state index in [1.54, 1.807) is 20.3 Å². The third kappa shape index (κ3) is 2.98. The van der Waals surface area contributed by atoms with Gasteiger partial charge in [-0.25, -0.2) is 9.50 Å². The van der Waals surface area contributed by atoms with Crippen LogP contribution in [0, 0.1) is 6.92 Å². The standard InChI is InChI=1S/C20H23ClN4O2/c1-12-17(15-5-4-14(27-3)10-16(15)21)19-23-18-13(11-25(19)24-12)6-7-20(18,22)8-9-26-2/h4-5,10-11H,6-9,22H2,1-3H3. The molecule has 0 bridgehead atoms. The fourth-order valence-electron chi connectivity index (χ4n) is 3.88. The van der Waals surface area contributed by atoms with Crippen molar-refractivity contribution in [3.05, 3.63) is 46.4 Å². The van der Waals surface area contributed by atoms with Crippen molar-refractivity contribution in [1.29, 1.82) is 0 Å². The maximum absolute atomic E-state index is 6.70. The summed E-state index contributed by atoms with van der Waals surface area (Å²) < 4.78 is 12.4. The molecule has 0 aliphatic heterocycles. The zero-order valence-corrected chi connectivity index (χ0v) is 16.5. The van der Waals surface area contributed by atoms with E-state index in [1.165, 1.54) is 0 Å². The second-order valence-electron chi connectivity index (χ2n) is 7.09. The molecule has 1 atom stereocenters. The molecule has 0 fully saturated rings. The van der Waals surface area contributed by atoms with Crippen molar-refractivity contribution in [2.45, 2.75) is 31.7 Å². The van der Waals surface area contributed by atoms with Gasteiger partial charge in [0.2, 0.25) is 0 Å². The van der Waals surface area contributed by atoms with Gasteiger partial charge in [0.05, 0.1) is 34.6 Å². The minimum absolute atomic E-state index is 0.466. The van der Waals surface area contributed by atoms with E-state index in [9.17, 15) is 0 Å². The molecule has 0 spiro atoms. The monoisotopic (exact) mass is 386 g/mol. The molecule has 142 valence electrons. The van der Waals surface area contributed by atoms with E-state index in [1.807, 2.05) is 29.8 Å². The van der Waals surface area contributed by atoms with Crippen LogP contribution in [0.15, 0.2) is 24.4 Å². The third-order valence-electron chi connectivity index (χ3n) is 5.37. The van der Waals surface area contributed by atoms with E-state index in [-0.39, 0.29) is 0 Å². The number of nitrogens with zero attached hydrogens (tertiary/aromatic N) is 3. The highest BCUT2D eigenvalue weighted by Gasteiger charge is 2.37. The van der Waals surface area contributed by atoms with Gasteiger partial charge in [-0.05, 0) is 49.9 Å². The molecular weight excluding hydrogens is 364 g/mol. The van der Waals surface area contributed by atoms with Gasteiger partial charge in [0, 0.05) is 25.5 Å². The first-order valence-electron chi connectivity index (χ1n) is 8.98. The van der Waals surface area contributed by atoms with Crippen LogP contribution in [0.3, 0.4) is 0 Å². The van der Waals surface area contributed by atoms with E-state index in [2.05, 4.69) is 5.10 Å². The fourth-order valence-corrected chi connectivity index (χ4v) is 4.14. The van der Waals surface area contributed by atoms with Crippen LogP contribution < -0.4 is 10.5 Å². The Morgan fingerprint density at radius 3 is 2.85 bits per heavy atom. The number of hydrogen-bond acceptors (Lipinski definition) is 5. The Morgan fingerprint density at radius 2 is 2.15 bits per heavy atom. The Balaban J connectivity index is 1.88. The number of halogens is 1. The highest BCUT2D eigenvalue weighted by Crippen LogP contribution is 2.39. The number of hydrogen-bond donors (Lipinski definition) is 1. The summed E-state index contributed by atoms with van der Waals surface area (Å²) in [6, 6.07) is 5.64. The number of nitrogens with two attached hydrogens (primary N) is 1. The van der Waals surface area contributed by atoms with Crippen molar-refractivity contribution in [2.24, 2.45) is 5.73 Å². The molecule has 0 radical (unpaired) electrons. The summed E-state index contributed by atoms with van der Waals surface area (Å²) in [5.74, 6) is 0.715. The van der Waals surface area contributed by atoms with Gasteiger partial charge < -0.3 is 15.2 Å². The molecule has 27 heavy (non-hydrogen) atoms. The zero-order chi connectivity index (χ0) is 19.2. The van der Waals surface area contributed by atoms with Gasteiger partial charge in [-0.1, -0.05) is 11.6 Å². The molecule has 2 N–H and O–H groups in total. The third-order valence-corrected chi connectivity index (χ3v) is 5.68. The van der Waals surface area contributed by atoms with Gasteiger partial charge >= 0.3 is 0 Å². The first-order chi connectivity index (χ1) is 13.0. The molecule has 0 saturated carbocycles. The lowest BCUT2D eigenvalue weighted by Crippen LogP contribution is -2.36. The smallest absolute Gasteiger partial charge is 0.163 e. The molecule has 3 aromatic rings. The van der Waals surface area contributed by atoms with Crippen LogP contribution >= 0.6 is 11.6 Å².